The molecule has 0 radical (unpaired) electrons. The first-order valence-corrected chi connectivity index (χ1v) is 16.0. The highest BCUT2D eigenvalue weighted by molar-refractivity contribution is 7.66. The average molecular weight is 718 g/mol. The van der Waals surface area contributed by atoms with Crippen LogP contribution in [0.15, 0.2) is 24.8 Å². The van der Waals surface area contributed by atoms with Gasteiger partial charge in [-0.05, 0) is 6.07 Å². The summed E-state index contributed by atoms with van der Waals surface area (Å²) in [6.07, 6.45) is -5.37. The highest BCUT2D eigenvalue weighted by Gasteiger charge is 2.62. The summed E-state index contributed by atoms with van der Waals surface area (Å²) in [4.78, 5) is 79.4. The lowest BCUT2D eigenvalue weighted by Crippen LogP contribution is -2.47. The van der Waals surface area contributed by atoms with Gasteiger partial charge in [0.15, 0.2) is 11.5 Å². The molecule has 3 aromatic rings. The summed E-state index contributed by atoms with van der Waals surface area (Å²) in [5, 5.41) is 57.9. The number of nitrogens with zero attached hydrogens (tertiary/aromatic N) is 7. The second kappa shape index (κ2) is 12.0. The van der Waals surface area contributed by atoms with Crippen LogP contribution < -0.4 is 5.73 Å². The Balaban J connectivity index is 1.89. The minimum atomic E-state index is -6.00. The Labute approximate surface area is 250 Å². The predicted octanol–water partition coefficient (Wildman–Crippen LogP) is -0.702. The average Bonchev–Trinajstić information content (AvgIpc) is 3.45. The van der Waals surface area contributed by atoms with E-state index in [9.17, 15) is 64.0 Å². The number of nitrogens with two attached hydrogens (primary N) is 1. The third kappa shape index (κ3) is 6.49. The Morgan fingerprint density at radius 3 is 2.13 bits per heavy atom. The van der Waals surface area contributed by atoms with Gasteiger partial charge >= 0.3 is 40.5 Å². The van der Waals surface area contributed by atoms with Gasteiger partial charge in [0.05, 0.1) is 33.3 Å². The number of nitro groups is 3. The molecule has 0 amide bonds. The number of nitro benzene ring substituents is 3. The van der Waals surface area contributed by atoms with E-state index in [1.165, 1.54) is 0 Å². The van der Waals surface area contributed by atoms with Gasteiger partial charge in [0.2, 0.25) is 5.72 Å². The number of phosphoric ester groups is 1. The number of phosphoric acid groups is 3. The van der Waals surface area contributed by atoms with Gasteiger partial charge in [-0.3, -0.25) is 39.4 Å². The predicted molar refractivity (Wildman–Crippen MR) is 140 cm³/mol. The number of aliphatic hydroxyl groups is 2. The molecule has 46 heavy (non-hydrogen) atoms. The van der Waals surface area contributed by atoms with E-state index in [0.717, 1.165) is 12.7 Å². The van der Waals surface area contributed by atoms with Crippen LogP contribution in [0.5, 0.6) is 0 Å². The topological polar surface area (TPSA) is 409 Å². The van der Waals surface area contributed by atoms with Crippen molar-refractivity contribution in [1.82, 2.24) is 19.5 Å². The van der Waals surface area contributed by atoms with Crippen LogP contribution in [0.1, 0.15) is 5.56 Å². The van der Waals surface area contributed by atoms with Crippen molar-refractivity contribution in [2.75, 3.05) is 12.3 Å². The molecule has 8 N–H and O–H groups in total. The Hall–Kier alpha value is -3.94. The van der Waals surface area contributed by atoms with Crippen LogP contribution in [0, 0.1) is 30.3 Å². The lowest BCUT2D eigenvalue weighted by atomic mass is 9.92. The minimum absolute atomic E-state index is 0.247. The van der Waals surface area contributed by atoms with Crippen LogP contribution in [0.2, 0.25) is 0 Å². The molecule has 1 aromatic carbocycles. The van der Waals surface area contributed by atoms with E-state index >= 15 is 0 Å². The minimum Gasteiger partial charge on any atom is -0.387 e. The van der Waals surface area contributed by atoms with Gasteiger partial charge < -0.3 is 40.3 Å². The van der Waals surface area contributed by atoms with Gasteiger partial charge in [0, 0.05) is 6.07 Å². The number of hydrogen-bond acceptors (Lipinski definition) is 19. The third-order valence-electron chi connectivity index (χ3n) is 6.05. The zero-order valence-electron chi connectivity index (χ0n) is 21.8. The number of hydrogen-bond donors (Lipinski definition) is 7. The quantitative estimate of drug-likeness (QED) is 0.0691. The summed E-state index contributed by atoms with van der Waals surface area (Å²) in [5.41, 5.74) is -3.55. The molecule has 0 spiro atoms. The molecule has 1 fully saturated rings. The SMILES string of the molecule is Nc1ncnc2c1ncn2[C@]1(c2ccc([N+](=O)[O-])c([N+](=O)[O-])c2[N+](=O)[O-])O[C@H](COP(=O)(O)OP(=O)(O)OP(=O)(O)O)[C@@H](O)[C@H]1O. The Bertz CT molecular complexity index is 1900. The van der Waals surface area contributed by atoms with Gasteiger partial charge in [0.25, 0.3) is 0 Å². The van der Waals surface area contributed by atoms with E-state index in [0.29, 0.717) is 16.7 Å². The molecular weight excluding hydrogens is 701 g/mol. The summed E-state index contributed by atoms with van der Waals surface area (Å²) in [6, 6.07) is 1.02. The highest BCUT2D eigenvalue weighted by Crippen LogP contribution is 2.66. The van der Waals surface area contributed by atoms with Gasteiger partial charge in [-0.25, -0.2) is 28.6 Å². The lowest BCUT2D eigenvalue weighted by molar-refractivity contribution is -0.441. The standard InChI is InChI=1S/C16H17N8O19P3/c17-14-9-15(19-4-18-14)21(5-20-9)16(6-1-2-7(22(27)28)11(24(31)32)10(6)23(29)30)13(26)12(25)8(41-16)3-40-45(36,37)43-46(38,39)42-44(33,34)35/h1-2,4-5,8,12-13,25-26H,3H2,(H,36,37)(H,38,39)(H2,17,18,19)(H2,33,34,35)/t8-,12-,13-,16-/m1/s1. The zero-order chi connectivity index (χ0) is 34.6. The second-order valence-electron chi connectivity index (χ2n) is 8.82. The summed E-state index contributed by atoms with van der Waals surface area (Å²) in [7, 11) is -17.6. The second-order valence-corrected chi connectivity index (χ2v) is 13.2. The smallest absolute Gasteiger partial charge is 0.387 e. The van der Waals surface area contributed by atoms with E-state index in [4.69, 9.17) is 20.3 Å². The fourth-order valence-corrected chi connectivity index (χ4v) is 7.46. The molecule has 27 nitrogen and oxygen atoms in total. The summed E-state index contributed by atoms with van der Waals surface area (Å²) in [6.45, 7) is -1.43. The van der Waals surface area contributed by atoms with Crippen molar-refractivity contribution in [2.24, 2.45) is 0 Å². The monoisotopic (exact) mass is 718 g/mol. The molecule has 1 saturated heterocycles. The number of imidazole rings is 1. The van der Waals surface area contributed by atoms with Crippen molar-refractivity contribution in [2.45, 2.75) is 24.0 Å². The number of ether oxygens (including phenoxy) is 1. The van der Waals surface area contributed by atoms with Crippen molar-refractivity contribution in [3.63, 3.8) is 0 Å². The molecule has 0 saturated carbocycles. The van der Waals surface area contributed by atoms with E-state index in [2.05, 4.69) is 28.1 Å². The zero-order valence-corrected chi connectivity index (χ0v) is 24.5. The lowest BCUT2D eigenvalue weighted by Gasteiger charge is -2.33. The normalized spacial score (nSPS) is 24.3. The Morgan fingerprint density at radius 2 is 1.57 bits per heavy atom. The van der Waals surface area contributed by atoms with Crippen LogP contribution >= 0.6 is 23.5 Å². The van der Waals surface area contributed by atoms with Crippen molar-refractivity contribution in [1.29, 1.82) is 0 Å². The van der Waals surface area contributed by atoms with Gasteiger partial charge in [-0.2, -0.15) is 8.62 Å². The molecule has 0 aliphatic carbocycles. The van der Waals surface area contributed by atoms with Gasteiger partial charge in [-0.15, -0.1) is 0 Å². The molecule has 2 aromatic heterocycles. The summed E-state index contributed by atoms with van der Waals surface area (Å²) in [5.74, 6) is -0.305. The van der Waals surface area contributed by atoms with Crippen LogP contribution in [0.25, 0.3) is 11.2 Å². The first-order chi connectivity index (χ1) is 21.1. The Morgan fingerprint density at radius 1 is 0.935 bits per heavy atom. The first kappa shape index (κ1) is 34.9. The van der Waals surface area contributed by atoms with E-state index < -0.39 is 97.2 Å². The maximum Gasteiger partial charge on any atom is 0.490 e. The van der Waals surface area contributed by atoms with E-state index in [-0.39, 0.29) is 11.3 Å². The van der Waals surface area contributed by atoms with Crippen LogP contribution in [-0.2, 0) is 37.3 Å². The highest BCUT2D eigenvalue weighted by atomic mass is 31.3. The number of benzene rings is 1. The van der Waals surface area contributed by atoms with Crippen molar-refractivity contribution in [3.8, 4) is 0 Å². The fraction of sp³-hybridized carbons (Fsp3) is 0.312. The van der Waals surface area contributed by atoms with Crippen molar-refractivity contribution < 1.29 is 76.1 Å². The number of fused-ring (bicyclic) bond motifs is 1. The number of aromatic nitrogens is 4. The summed E-state index contributed by atoms with van der Waals surface area (Å²) < 4.78 is 52.8. The summed E-state index contributed by atoms with van der Waals surface area (Å²) >= 11 is 0. The molecule has 30 heteroatoms. The molecule has 4 rings (SSSR count). The van der Waals surface area contributed by atoms with Crippen LogP contribution in [0.3, 0.4) is 0 Å². The van der Waals surface area contributed by atoms with Crippen LogP contribution in [-0.4, -0.2) is 89.0 Å². The third-order valence-corrected chi connectivity index (χ3v) is 9.85. The molecule has 250 valence electrons. The maximum atomic E-state index is 12.3. The largest absolute Gasteiger partial charge is 0.490 e. The molecule has 2 unspecified atom stereocenters. The van der Waals surface area contributed by atoms with Crippen LogP contribution in [0.4, 0.5) is 22.9 Å². The van der Waals surface area contributed by atoms with Crippen molar-refractivity contribution >= 4 is 57.5 Å². The number of rotatable bonds is 12. The molecule has 3 heterocycles. The van der Waals surface area contributed by atoms with Crippen molar-refractivity contribution in [3.05, 3.63) is 60.7 Å². The number of anilines is 1. The molecular formula is C16H17N8O19P3. The van der Waals surface area contributed by atoms with Gasteiger partial charge in [-0.1, -0.05) is 0 Å². The van der Waals surface area contributed by atoms with E-state index in [1.54, 1.807) is 0 Å². The molecule has 1 aliphatic rings. The number of nitrogen functional groups attached to an aromatic ring is 1. The first-order valence-electron chi connectivity index (χ1n) is 11.5. The Kier molecular flexibility index (Phi) is 9.12. The fourth-order valence-electron chi connectivity index (χ4n) is 4.43. The maximum absolute atomic E-state index is 12.3. The molecule has 6 atom stereocenters. The molecule has 0 bridgehead atoms. The molecule has 1 aliphatic heterocycles. The number of aliphatic hydroxyl groups excluding tert-OH is 2. The van der Waals surface area contributed by atoms with E-state index in [1.807, 2.05) is 0 Å². The van der Waals surface area contributed by atoms with Gasteiger partial charge in [0.1, 0.15) is 30.2 Å².